The second-order valence-electron chi connectivity index (χ2n) is 10.3. The molecule has 1 aromatic rings. The van der Waals surface area contributed by atoms with Gasteiger partial charge in [0.15, 0.2) is 0 Å². The molecule has 29 heavy (non-hydrogen) atoms. The SMILES string of the molecule is CCc1cn(C2=CCC3C4CC=C5C[C@@H](N=[N+]=[N-])CC[C@]5(C)C4CC[C@]23C)cn1. The number of fused-ring (bicyclic) bond motifs is 5. The number of aromatic nitrogens is 2. The molecule has 2 saturated carbocycles. The molecule has 6 atom stereocenters. The Morgan fingerprint density at radius 1 is 1.17 bits per heavy atom. The zero-order valence-corrected chi connectivity index (χ0v) is 18.0. The topological polar surface area (TPSA) is 66.6 Å². The van der Waals surface area contributed by atoms with Crippen LogP contribution < -0.4 is 0 Å². The predicted molar refractivity (Wildman–Crippen MR) is 116 cm³/mol. The summed E-state index contributed by atoms with van der Waals surface area (Å²) in [4.78, 5) is 7.68. The molecule has 0 saturated heterocycles. The third kappa shape index (κ3) is 2.73. The summed E-state index contributed by atoms with van der Waals surface area (Å²) in [5.74, 6) is 2.27. The molecule has 5 heteroatoms. The summed E-state index contributed by atoms with van der Waals surface area (Å²) in [5, 5.41) is 4.05. The minimum Gasteiger partial charge on any atom is -0.310 e. The van der Waals surface area contributed by atoms with Crippen LogP contribution in [0.5, 0.6) is 0 Å². The van der Waals surface area contributed by atoms with Gasteiger partial charge in [0, 0.05) is 28.3 Å². The van der Waals surface area contributed by atoms with Gasteiger partial charge in [-0.2, -0.15) is 0 Å². The monoisotopic (exact) mass is 391 g/mol. The summed E-state index contributed by atoms with van der Waals surface area (Å²) in [5.41, 5.74) is 13.7. The summed E-state index contributed by atoms with van der Waals surface area (Å²) in [7, 11) is 0. The van der Waals surface area contributed by atoms with Crippen molar-refractivity contribution >= 4 is 5.70 Å². The van der Waals surface area contributed by atoms with Crippen LogP contribution in [0.4, 0.5) is 0 Å². The first kappa shape index (κ1) is 19.0. The van der Waals surface area contributed by atoms with Crippen LogP contribution in [-0.4, -0.2) is 15.6 Å². The van der Waals surface area contributed by atoms with Gasteiger partial charge < -0.3 is 4.57 Å². The van der Waals surface area contributed by atoms with Crippen LogP contribution in [0, 0.1) is 28.6 Å². The highest BCUT2D eigenvalue weighted by Gasteiger charge is 2.57. The minimum atomic E-state index is 0.165. The third-order valence-corrected chi connectivity index (χ3v) is 9.11. The second-order valence-corrected chi connectivity index (χ2v) is 10.3. The quantitative estimate of drug-likeness (QED) is 0.250. The Labute approximate surface area is 173 Å². The van der Waals surface area contributed by atoms with E-state index in [1.54, 1.807) is 5.57 Å². The molecule has 0 N–H and O–H groups in total. The molecule has 0 bridgehead atoms. The molecule has 5 nitrogen and oxygen atoms in total. The lowest BCUT2D eigenvalue weighted by molar-refractivity contribution is -0.0127. The summed E-state index contributed by atoms with van der Waals surface area (Å²) in [6.07, 6.45) is 18.5. The second kappa shape index (κ2) is 6.77. The van der Waals surface area contributed by atoms with Gasteiger partial charge in [-0.1, -0.05) is 43.6 Å². The predicted octanol–water partition coefficient (Wildman–Crippen LogP) is 6.54. The zero-order chi connectivity index (χ0) is 20.2. The van der Waals surface area contributed by atoms with Gasteiger partial charge in [-0.3, -0.25) is 0 Å². The van der Waals surface area contributed by atoms with Gasteiger partial charge in [0.05, 0.1) is 12.0 Å². The number of aryl methyl sites for hydroxylation is 1. The van der Waals surface area contributed by atoms with Crippen molar-refractivity contribution < 1.29 is 0 Å². The van der Waals surface area contributed by atoms with Crippen molar-refractivity contribution in [3.63, 3.8) is 0 Å². The van der Waals surface area contributed by atoms with E-state index in [1.165, 1.54) is 43.5 Å². The van der Waals surface area contributed by atoms with E-state index in [0.29, 0.717) is 5.41 Å². The third-order valence-electron chi connectivity index (χ3n) is 9.11. The molecule has 0 aliphatic heterocycles. The molecule has 3 unspecified atom stereocenters. The van der Waals surface area contributed by atoms with Gasteiger partial charge in [-0.05, 0) is 80.1 Å². The normalized spacial score (nSPS) is 40.8. The van der Waals surface area contributed by atoms with Crippen molar-refractivity contribution in [2.75, 3.05) is 0 Å². The van der Waals surface area contributed by atoms with Gasteiger partial charge >= 0.3 is 0 Å². The summed E-state index contributed by atoms with van der Waals surface area (Å²) >= 11 is 0. The summed E-state index contributed by atoms with van der Waals surface area (Å²) < 4.78 is 2.32. The van der Waals surface area contributed by atoms with Crippen LogP contribution >= 0.6 is 0 Å². The highest BCUT2D eigenvalue weighted by atomic mass is 15.1. The van der Waals surface area contributed by atoms with Crippen molar-refractivity contribution in [1.29, 1.82) is 0 Å². The lowest BCUT2D eigenvalue weighted by atomic mass is 9.47. The number of rotatable bonds is 3. The fraction of sp³-hybridized carbons (Fsp3) is 0.708. The average molecular weight is 392 g/mol. The number of hydrogen-bond acceptors (Lipinski definition) is 2. The Hall–Kier alpha value is -2.00. The standard InChI is InChI=1S/C24H33N5/c1-4-17-14-29(15-26-17)22-8-7-20-19-6-5-16-13-18(27-28-25)9-11-23(16,2)21(19)10-12-24(20,22)3/h5,8,14-15,18-21H,4,6-7,9-13H2,1-3H3/t18-,19?,20?,21?,23-,24-/m0/s1. The first-order valence-corrected chi connectivity index (χ1v) is 11.5. The summed E-state index contributed by atoms with van der Waals surface area (Å²) in [6, 6.07) is 0.165. The molecule has 5 rings (SSSR count). The van der Waals surface area contributed by atoms with Crippen LogP contribution in [0.2, 0.25) is 0 Å². The number of allylic oxidation sites excluding steroid dienone is 3. The maximum absolute atomic E-state index is 8.86. The Kier molecular flexibility index (Phi) is 4.43. The molecule has 0 aromatic carbocycles. The molecule has 4 aliphatic carbocycles. The van der Waals surface area contributed by atoms with Crippen LogP contribution in [-0.2, 0) is 6.42 Å². The smallest absolute Gasteiger partial charge is 0.0992 e. The lowest BCUT2D eigenvalue weighted by Crippen LogP contribution is -2.49. The molecule has 0 amide bonds. The number of imidazole rings is 1. The van der Waals surface area contributed by atoms with Crippen molar-refractivity contribution in [3.05, 3.63) is 46.4 Å². The fourth-order valence-electron chi connectivity index (χ4n) is 7.44. The van der Waals surface area contributed by atoms with E-state index in [9.17, 15) is 0 Å². The number of nitrogens with zero attached hydrogens (tertiary/aromatic N) is 5. The van der Waals surface area contributed by atoms with Crippen LogP contribution in [0.15, 0.2) is 35.4 Å². The van der Waals surface area contributed by atoms with Crippen molar-refractivity contribution in [1.82, 2.24) is 9.55 Å². The number of hydrogen-bond donors (Lipinski definition) is 0. The fourth-order valence-corrected chi connectivity index (χ4v) is 7.44. The van der Waals surface area contributed by atoms with Crippen LogP contribution in [0.3, 0.4) is 0 Å². The maximum Gasteiger partial charge on any atom is 0.0992 e. The largest absolute Gasteiger partial charge is 0.310 e. The molecule has 0 spiro atoms. The van der Waals surface area contributed by atoms with Gasteiger partial charge in [0.2, 0.25) is 0 Å². The van der Waals surface area contributed by atoms with E-state index in [2.05, 4.69) is 58.7 Å². The first-order valence-electron chi connectivity index (χ1n) is 11.5. The van der Waals surface area contributed by atoms with E-state index < -0.39 is 0 Å². The lowest BCUT2D eigenvalue weighted by Gasteiger charge is -2.57. The Morgan fingerprint density at radius 2 is 2.00 bits per heavy atom. The van der Waals surface area contributed by atoms with Crippen LogP contribution in [0.1, 0.15) is 71.4 Å². The zero-order valence-electron chi connectivity index (χ0n) is 18.0. The van der Waals surface area contributed by atoms with Gasteiger partial charge in [-0.15, -0.1) is 0 Å². The van der Waals surface area contributed by atoms with Gasteiger partial charge in [-0.25, -0.2) is 4.98 Å². The minimum absolute atomic E-state index is 0.165. The van der Waals surface area contributed by atoms with Gasteiger partial charge in [0.25, 0.3) is 0 Å². The molecule has 1 aromatic heterocycles. The molecule has 2 fully saturated rings. The summed E-state index contributed by atoms with van der Waals surface area (Å²) in [6.45, 7) is 7.20. The molecular formula is C24H33N5. The van der Waals surface area contributed by atoms with E-state index >= 15 is 0 Å². The average Bonchev–Trinajstić information content (AvgIpc) is 3.32. The molecule has 4 aliphatic rings. The van der Waals surface area contributed by atoms with Crippen LogP contribution in [0.25, 0.3) is 16.1 Å². The highest BCUT2D eigenvalue weighted by Crippen LogP contribution is 2.65. The molecule has 154 valence electrons. The maximum atomic E-state index is 8.86. The molecule has 1 heterocycles. The van der Waals surface area contributed by atoms with E-state index in [1.807, 2.05) is 6.33 Å². The van der Waals surface area contributed by atoms with E-state index in [4.69, 9.17) is 5.53 Å². The van der Waals surface area contributed by atoms with Gasteiger partial charge in [0.1, 0.15) is 0 Å². The molecular weight excluding hydrogens is 358 g/mol. The molecule has 0 radical (unpaired) electrons. The Bertz CT molecular complexity index is 919. The van der Waals surface area contributed by atoms with Crippen molar-refractivity contribution in [2.24, 2.45) is 33.7 Å². The number of azide groups is 1. The van der Waals surface area contributed by atoms with Crippen molar-refractivity contribution in [3.8, 4) is 0 Å². The Balaban J connectivity index is 1.43. The highest BCUT2D eigenvalue weighted by molar-refractivity contribution is 5.57. The Morgan fingerprint density at radius 3 is 2.76 bits per heavy atom. The first-order chi connectivity index (χ1) is 14.0. The van der Waals surface area contributed by atoms with E-state index in [0.717, 1.165) is 37.0 Å². The van der Waals surface area contributed by atoms with E-state index in [-0.39, 0.29) is 11.5 Å². The van der Waals surface area contributed by atoms with Crippen molar-refractivity contribution in [2.45, 2.75) is 78.2 Å².